The summed E-state index contributed by atoms with van der Waals surface area (Å²) in [6.07, 6.45) is 6.15. The lowest BCUT2D eigenvalue weighted by atomic mass is 10.2. The smallest absolute Gasteiger partial charge is 0.341 e. The van der Waals surface area contributed by atoms with Crippen molar-refractivity contribution in [3.63, 3.8) is 0 Å². The third-order valence-electron chi connectivity index (χ3n) is 5.10. The molecule has 1 aromatic rings. The lowest BCUT2D eigenvalue weighted by Crippen LogP contribution is -2.37. The Labute approximate surface area is 169 Å². The van der Waals surface area contributed by atoms with Crippen molar-refractivity contribution in [1.82, 2.24) is 15.6 Å². The van der Waals surface area contributed by atoms with Gasteiger partial charge in [-0.2, -0.15) is 0 Å². The minimum absolute atomic E-state index is 0.0807. The van der Waals surface area contributed by atoms with E-state index in [4.69, 9.17) is 4.74 Å². The molecule has 8 heteroatoms. The van der Waals surface area contributed by atoms with Crippen LogP contribution in [0.2, 0.25) is 0 Å². The molecule has 28 heavy (non-hydrogen) atoms. The molecule has 0 spiro atoms. The lowest BCUT2D eigenvalue weighted by molar-refractivity contribution is -0.125. The average Bonchev–Trinajstić information content (AvgIpc) is 3.57. The largest absolute Gasteiger partial charge is 0.452 e. The predicted molar refractivity (Wildman–Crippen MR) is 106 cm³/mol. The first kappa shape index (κ1) is 20.6. The third-order valence-corrected chi connectivity index (χ3v) is 6.11. The van der Waals surface area contributed by atoms with Crippen LogP contribution in [0.15, 0.2) is 23.4 Å². The Balaban J connectivity index is 1.47. The molecule has 2 aliphatic rings. The number of aromatic nitrogens is 1. The zero-order valence-corrected chi connectivity index (χ0v) is 17.1. The van der Waals surface area contributed by atoms with Gasteiger partial charge in [0, 0.05) is 18.3 Å². The van der Waals surface area contributed by atoms with Crippen molar-refractivity contribution < 1.29 is 19.1 Å². The number of hydrogen-bond donors (Lipinski definition) is 2. The molecule has 2 aliphatic carbocycles. The van der Waals surface area contributed by atoms with Gasteiger partial charge >= 0.3 is 5.97 Å². The van der Waals surface area contributed by atoms with E-state index in [1.807, 2.05) is 13.8 Å². The highest BCUT2D eigenvalue weighted by Gasteiger charge is 2.30. The van der Waals surface area contributed by atoms with Crippen LogP contribution in [-0.4, -0.2) is 47.2 Å². The van der Waals surface area contributed by atoms with E-state index in [-0.39, 0.29) is 41.8 Å². The highest BCUT2D eigenvalue weighted by atomic mass is 32.2. The summed E-state index contributed by atoms with van der Waals surface area (Å²) in [7, 11) is 0. The number of pyridine rings is 1. The Bertz CT molecular complexity index is 734. The average molecular weight is 406 g/mol. The van der Waals surface area contributed by atoms with Gasteiger partial charge in [0.25, 0.3) is 5.91 Å². The second kappa shape index (κ2) is 9.41. The molecular formula is C20H27N3O4S. The molecule has 3 rings (SSSR count). The molecule has 2 fully saturated rings. The third kappa shape index (κ3) is 6.22. The quantitative estimate of drug-likeness (QED) is 0.457. The minimum Gasteiger partial charge on any atom is -0.452 e. The SMILES string of the molecule is CC(NC(=O)COC(=O)c1cccnc1SCC(=O)NC(C)C1CC1)C1CC1. The van der Waals surface area contributed by atoms with Gasteiger partial charge in [-0.1, -0.05) is 11.8 Å². The Morgan fingerprint density at radius 3 is 2.32 bits per heavy atom. The van der Waals surface area contributed by atoms with E-state index in [0.29, 0.717) is 16.9 Å². The van der Waals surface area contributed by atoms with E-state index in [9.17, 15) is 14.4 Å². The first-order valence-corrected chi connectivity index (χ1v) is 10.8. The van der Waals surface area contributed by atoms with Crippen LogP contribution in [0.3, 0.4) is 0 Å². The molecule has 2 atom stereocenters. The second-order valence-electron chi connectivity index (χ2n) is 7.61. The Kier molecular flexibility index (Phi) is 6.93. The number of rotatable bonds is 10. The van der Waals surface area contributed by atoms with Crippen molar-refractivity contribution in [2.45, 2.75) is 56.6 Å². The summed E-state index contributed by atoms with van der Waals surface area (Å²) < 4.78 is 5.14. The van der Waals surface area contributed by atoms with Crippen LogP contribution < -0.4 is 10.6 Å². The molecule has 152 valence electrons. The normalized spacial score (nSPS) is 18.1. The maximum atomic E-state index is 12.4. The van der Waals surface area contributed by atoms with Crippen LogP contribution in [0.1, 0.15) is 49.9 Å². The zero-order valence-electron chi connectivity index (χ0n) is 16.3. The fourth-order valence-electron chi connectivity index (χ4n) is 3.02. The summed E-state index contributed by atoms with van der Waals surface area (Å²) in [5.41, 5.74) is 0.263. The summed E-state index contributed by atoms with van der Waals surface area (Å²) in [6, 6.07) is 3.50. The molecule has 0 bridgehead atoms. The van der Waals surface area contributed by atoms with Crippen molar-refractivity contribution in [1.29, 1.82) is 0 Å². The van der Waals surface area contributed by atoms with Crippen LogP contribution >= 0.6 is 11.8 Å². The van der Waals surface area contributed by atoms with E-state index >= 15 is 0 Å². The Hall–Kier alpha value is -2.09. The van der Waals surface area contributed by atoms with Gasteiger partial charge in [-0.25, -0.2) is 9.78 Å². The van der Waals surface area contributed by atoms with E-state index in [0.717, 1.165) is 25.7 Å². The van der Waals surface area contributed by atoms with E-state index in [1.54, 1.807) is 18.3 Å². The minimum atomic E-state index is -0.614. The van der Waals surface area contributed by atoms with Crippen LogP contribution in [0.4, 0.5) is 0 Å². The highest BCUT2D eigenvalue weighted by Crippen LogP contribution is 2.33. The molecule has 2 N–H and O–H groups in total. The number of amides is 2. The van der Waals surface area contributed by atoms with Gasteiger partial charge in [0.2, 0.25) is 5.91 Å². The number of hydrogen-bond acceptors (Lipinski definition) is 6. The predicted octanol–water partition coefficient (Wildman–Crippen LogP) is 2.16. The fourth-order valence-corrected chi connectivity index (χ4v) is 3.82. The van der Waals surface area contributed by atoms with Crippen LogP contribution in [0.25, 0.3) is 0 Å². The number of ether oxygens (including phenoxy) is 1. The van der Waals surface area contributed by atoms with Gasteiger partial charge in [0.15, 0.2) is 6.61 Å². The van der Waals surface area contributed by atoms with Gasteiger partial charge in [0.1, 0.15) is 5.03 Å². The summed E-state index contributed by atoms with van der Waals surface area (Å²) in [4.78, 5) is 40.6. The van der Waals surface area contributed by atoms with Crippen LogP contribution in [0, 0.1) is 11.8 Å². The van der Waals surface area contributed by atoms with Gasteiger partial charge in [0.05, 0.1) is 11.3 Å². The summed E-state index contributed by atoms with van der Waals surface area (Å²) in [5.74, 6) is 0.296. The first-order chi connectivity index (χ1) is 13.4. The molecular weight excluding hydrogens is 378 g/mol. The van der Waals surface area contributed by atoms with Crippen molar-refractivity contribution in [3.8, 4) is 0 Å². The topological polar surface area (TPSA) is 97.4 Å². The first-order valence-electron chi connectivity index (χ1n) is 9.77. The van der Waals surface area contributed by atoms with Gasteiger partial charge < -0.3 is 15.4 Å². The Morgan fingerprint density at radius 1 is 1.11 bits per heavy atom. The zero-order chi connectivity index (χ0) is 20.1. The van der Waals surface area contributed by atoms with Crippen molar-refractivity contribution in [2.24, 2.45) is 11.8 Å². The van der Waals surface area contributed by atoms with Crippen molar-refractivity contribution in [3.05, 3.63) is 23.9 Å². The molecule has 0 aromatic carbocycles. The number of esters is 1. The van der Waals surface area contributed by atoms with Crippen LogP contribution in [0.5, 0.6) is 0 Å². The van der Waals surface area contributed by atoms with Gasteiger partial charge in [-0.15, -0.1) is 0 Å². The maximum absolute atomic E-state index is 12.4. The number of carbonyl (C=O) groups is 3. The summed E-state index contributed by atoms with van der Waals surface area (Å²) in [5, 5.41) is 6.25. The monoisotopic (exact) mass is 405 g/mol. The van der Waals surface area contributed by atoms with Crippen molar-refractivity contribution in [2.75, 3.05) is 12.4 Å². The number of carbonyl (C=O) groups excluding carboxylic acids is 3. The van der Waals surface area contributed by atoms with Gasteiger partial charge in [-0.3, -0.25) is 9.59 Å². The standard InChI is InChI=1S/C20H27N3O4S/c1-12(14-5-6-14)22-17(24)10-27-20(26)16-4-3-9-21-19(16)28-11-18(25)23-13(2)15-7-8-15/h3-4,9,12-15H,5-8,10-11H2,1-2H3,(H,22,24)(H,23,25). The molecule has 0 aliphatic heterocycles. The molecule has 1 aromatic heterocycles. The summed E-state index contributed by atoms with van der Waals surface area (Å²) in [6.45, 7) is 3.65. The van der Waals surface area contributed by atoms with Crippen molar-refractivity contribution >= 4 is 29.5 Å². The molecule has 7 nitrogen and oxygen atoms in total. The van der Waals surface area contributed by atoms with E-state index in [1.165, 1.54) is 11.8 Å². The van der Waals surface area contributed by atoms with Gasteiger partial charge in [-0.05, 0) is 63.5 Å². The maximum Gasteiger partial charge on any atom is 0.341 e. The number of thioether (sulfide) groups is 1. The molecule has 0 saturated heterocycles. The highest BCUT2D eigenvalue weighted by molar-refractivity contribution is 8.00. The van der Waals surface area contributed by atoms with E-state index in [2.05, 4.69) is 15.6 Å². The molecule has 2 amide bonds. The molecule has 1 heterocycles. The van der Waals surface area contributed by atoms with Crippen LogP contribution in [-0.2, 0) is 14.3 Å². The van der Waals surface area contributed by atoms with E-state index < -0.39 is 5.97 Å². The number of nitrogens with zero attached hydrogens (tertiary/aromatic N) is 1. The second-order valence-corrected chi connectivity index (χ2v) is 8.57. The number of nitrogens with one attached hydrogen (secondary N) is 2. The summed E-state index contributed by atoms with van der Waals surface area (Å²) >= 11 is 1.19. The fraction of sp³-hybridized carbons (Fsp3) is 0.600. The molecule has 2 saturated carbocycles. The molecule has 2 unspecified atom stereocenters. The molecule has 0 radical (unpaired) electrons. The lowest BCUT2D eigenvalue weighted by Gasteiger charge is -2.14. The Morgan fingerprint density at radius 2 is 1.71 bits per heavy atom.